The number of para-hydroxylation sites is 1. The van der Waals surface area contributed by atoms with Crippen LogP contribution in [0.5, 0.6) is 0 Å². The summed E-state index contributed by atoms with van der Waals surface area (Å²) in [4.78, 5) is 9.48. The number of aliphatic imine (C=N–C) groups is 1. The van der Waals surface area contributed by atoms with E-state index in [0.29, 0.717) is 5.92 Å². The SMILES string of the molecule is CN=C(NCC1CCN(c2ccccc2)C1)N1CC(C)CC(C)C1.I. The third-order valence-corrected chi connectivity index (χ3v) is 5.34. The summed E-state index contributed by atoms with van der Waals surface area (Å²) in [6.07, 6.45) is 2.59. The Labute approximate surface area is 170 Å². The molecule has 25 heavy (non-hydrogen) atoms. The van der Waals surface area contributed by atoms with Gasteiger partial charge in [-0.25, -0.2) is 0 Å². The highest BCUT2D eigenvalue weighted by Gasteiger charge is 2.26. The number of hydrogen-bond donors (Lipinski definition) is 1. The van der Waals surface area contributed by atoms with Gasteiger partial charge >= 0.3 is 0 Å². The van der Waals surface area contributed by atoms with E-state index in [0.717, 1.165) is 50.5 Å². The predicted molar refractivity (Wildman–Crippen MR) is 118 cm³/mol. The van der Waals surface area contributed by atoms with Gasteiger partial charge in [0.1, 0.15) is 0 Å². The molecule has 3 atom stereocenters. The minimum Gasteiger partial charge on any atom is -0.371 e. The lowest BCUT2D eigenvalue weighted by Gasteiger charge is -2.37. The second-order valence-electron chi connectivity index (χ2n) is 7.72. The van der Waals surface area contributed by atoms with E-state index in [2.05, 4.69) is 64.3 Å². The first kappa shape index (κ1) is 20.3. The second kappa shape index (κ2) is 9.64. The highest BCUT2D eigenvalue weighted by molar-refractivity contribution is 14.0. The molecule has 2 aliphatic heterocycles. The van der Waals surface area contributed by atoms with Crippen molar-refractivity contribution < 1.29 is 0 Å². The van der Waals surface area contributed by atoms with Gasteiger partial charge in [-0.3, -0.25) is 4.99 Å². The molecule has 3 rings (SSSR count). The molecule has 5 heteroatoms. The molecule has 2 saturated heterocycles. The number of guanidine groups is 1. The van der Waals surface area contributed by atoms with Gasteiger partial charge in [0.05, 0.1) is 0 Å². The van der Waals surface area contributed by atoms with Gasteiger partial charge in [-0.15, -0.1) is 24.0 Å². The van der Waals surface area contributed by atoms with Crippen LogP contribution in [0.15, 0.2) is 35.3 Å². The van der Waals surface area contributed by atoms with Crippen LogP contribution in [0.4, 0.5) is 5.69 Å². The van der Waals surface area contributed by atoms with Gasteiger partial charge in [-0.2, -0.15) is 0 Å². The van der Waals surface area contributed by atoms with Crippen molar-refractivity contribution in [3.8, 4) is 0 Å². The van der Waals surface area contributed by atoms with E-state index in [9.17, 15) is 0 Å². The molecule has 4 nitrogen and oxygen atoms in total. The summed E-state index contributed by atoms with van der Waals surface area (Å²) >= 11 is 0. The first-order valence-corrected chi connectivity index (χ1v) is 9.41. The zero-order valence-corrected chi connectivity index (χ0v) is 18.1. The molecular formula is C20H33IN4. The molecule has 140 valence electrons. The molecule has 0 aromatic heterocycles. The van der Waals surface area contributed by atoms with Gasteiger partial charge in [0.15, 0.2) is 5.96 Å². The summed E-state index contributed by atoms with van der Waals surface area (Å²) in [7, 11) is 1.91. The number of hydrogen-bond acceptors (Lipinski definition) is 2. The van der Waals surface area contributed by atoms with Crippen molar-refractivity contribution in [2.24, 2.45) is 22.7 Å². The van der Waals surface area contributed by atoms with Crippen molar-refractivity contribution in [2.45, 2.75) is 26.7 Å². The molecule has 1 N–H and O–H groups in total. The maximum atomic E-state index is 4.54. The molecule has 2 fully saturated rings. The molecule has 1 aromatic rings. The number of halogens is 1. The summed E-state index contributed by atoms with van der Waals surface area (Å²) in [6.45, 7) is 10.3. The van der Waals surface area contributed by atoms with Gasteiger partial charge in [0, 0.05) is 45.5 Å². The van der Waals surface area contributed by atoms with Crippen molar-refractivity contribution in [3.05, 3.63) is 30.3 Å². The third-order valence-electron chi connectivity index (χ3n) is 5.34. The number of benzene rings is 1. The first-order chi connectivity index (χ1) is 11.7. The fraction of sp³-hybridized carbons (Fsp3) is 0.650. The molecule has 3 unspecified atom stereocenters. The van der Waals surface area contributed by atoms with Crippen LogP contribution in [-0.4, -0.2) is 50.6 Å². The van der Waals surface area contributed by atoms with Gasteiger partial charge in [0.25, 0.3) is 0 Å². The first-order valence-electron chi connectivity index (χ1n) is 9.41. The summed E-state index contributed by atoms with van der Waals surface area (Å²) in [5.41, 5.74) is 1.35. The molecule has 2 aliphatic rings. The molecule has 0 radical (unpaired) electrons. The predicted octanol–water partition coefficient (Wildman–Crippen LogP) is 3.68. The van der Waals surface area contributed by atoms with E-state index >= 15 is 0 Å². The summed E-state index contributed by atoms with van der Waals surface area (Å²) < 4.78 is 0. The second-order valence-corrected chi connectivity index (χ2v) is 7.72. The average molecular weight is 456 g/mol. The largest absolute Gasteiger partial charge is 0.371 e. The topological polar surface area (TPSA) is 30.9 Å². The monoisotopic (exact) mass is 456 g/mol. The van der Waals surface area contributed by atoms with Crippen LogP contribution in [0.1, 0.15) is 26.7 Å². The molecular weight excluding hydrogens is 423 g/mol. The molecule has 2 heterocycles. The van der Waals surface area contributed by atoms with Gasteiger partial charge in [-0.1, -0.05) is 32.0 Å². The minimum atomic E-state index is 0. The quantitative estimate of drug-likeness (QED) is 0.428. The van der Waals surface area contributed by atoms with E-state index < -0.39 is 0 Å². The molecule has 1 aromatic carbocycles. The molecule has 0 spiro atoms. The molecule has 0 aliphatic carbocycles. The van der Waals surface area contributed by atoms with Crippen LogP contribution >= 0.6 is 24.0 Å². The molecule has 0 bridgehead atoms. The Morgan fingerprint density at radius 2 is 1.80 bits per heavy atom. The van der Waals surface area contributed by atoms with Crippen LogP contribution in [-0.2, 0) is 0 Å². The smallest absolute Gasteiger partial charge is 0.193 e. The number of anilines is 1. The lowest BCUT2D eigenvalue weighted by atomic mass is 9.92. The van der Waals surface area contributed by atoms with Crippen LogP contribution in [0.2, 0.25) is 0 Å². The molecule has 0 saturated carbocycles. The lowest BCUT2D eigenvalue weighted by Crippen LogP contribution is -2.49. The van der Waals surface area contributed by atoms with Crippen LogP contribution < -0.4 is 10.2 Å². The Bertz CT molecular complexity index is 538. The van der Waals surface area contributed by atoms with Gasteiger partial charge < -0.3 is 15.1 Å². The zero-order chi connectivity index (χ0) is 16.9. The number of piperidine rings is 1. The minimum absolute atomic E-state index is 0. The maximum Gasteiger partial charge on any atom is 0.193 e. The number of nitrogens with one attached hydrogen (secondary N) is 1. The highest BCUT2D eigenvalue weighted by Crippen LogP contribution is 2.24. The Hall–Kier alpha value is -0.980. The van der Waals surface area contributed by atoms with Crippen molar-refractivity contribution in [2.75, 3.05) is 44.7 Å². The van der Waals surface area contributed by atoms with Gasteiger partial charge in [-0.05, 0) is 42.7 Å². The molecule has 0 amide bonds. The van der Waals surface area contributed by atoms with E-state index in [1.54, 1.807) is 0 Å². The standard InChI is InChI=1S/C20H32N4.HI/c1-16-11-17(2)14-24(13-16)20(21-3)22-12-18-9-10-23(15-18)19-7-5-4-6-8-19;/h4-8,16-18H,9-15H2,1-3H3,(H,21,22);1H. The maximum absolute atomic E-state index is 4.54. The van der Waals surface area contributed by atoms with Gasteiger partial charge in [0.2, 0.25) is 0 Å². The van der Waals surface area contributed by atoms with Crippen molar-refractivity contribution >= 4 is 35.6 Å². The van der Waals surface area contributed by atoms with Crippen LogP contribution in [0.25, 0.3) is 0 Å². The summed E-state index contributed by atoms with van der Waals surface area (Å²) in [6, 6.07) is 10.8. The van der Waals surface area contributed by atoms with Crippen LogP contribution in [0.3, 0.4) is 0 Å². The van der Waals surface area contributed by atoms with E-state index in [-0.39, 0.29) is 24.0 Å². The highest BCUT2D eigenvalue weighted by atomic mass is 127. The lowest BCUT2D eigenvalue weighted by molar-refractivity contribution is 0.208. The van der Waals surface area contributed by atoms with Crippen molar-refractivity contribution in [3.63, 3.8) is 0 Å². The fourth-order valence-electron chi connectivity index (χ4n) is 4.28. The van der Waals surface area contributed by atoms with E-state index in [1.807, 2.05) is 7.05 Å². The Morgan fingerprint density at radius 1 is 1.12 bits per heavy atom. The Morgan fingerprint density at radius 3 is 2.44 bits per heavy atom. The zero-order valence-electron chi connectivity index (χ0n) is 15.8. The average Bonchev–Trinajstić information content (AvgIpc) is 3.04. The normalized spacial score (nSPS) is 27.2. The van der Waals surface area contributed by atoms with Crippen molar-refractivity contribution in [1.82, 2.24) is 10.2 Å². The Balaban J connectivity index is 0.00000225. The van der Waals surface area contributed by atoms with Crippen molar-refractivity contribution in [1.29, 1.82) is 0 Å². The summed E-state index contributed by atoms with van der Waals surface area (Å²) in [5, 5.41) is 3.64. The fourth-order valence-corrected chi connectivity index (χ4v) is 4.28. The Kier molecular flexibility index (Phi) is 7.84. The van der Waals surface area contributed by atoms with Crippen LogP contribution in [0, 0.1) is 17.8 Å². The van der Waals surface area contributed by atoms with E-state index in [4.69, 9.17) is 0 Å². The number of likely N-dealkylation sites (tertiary alicyclic amines) is 1. The number of rotatable bonds is 3. The summed E-state index contributed by atoms with van der Waals surface area (Å²) in [5.74, 6) is 3.30. The third kappa shape index (κ3) is 5.50. The van der Waals surface area contributed by atoms with E-state index in [1.165, 1.54) is 18.5 Å². The number of nitrogens with zero attached hydrogens (tertiary/aromatic N) is 3.